The molecule has 17 heteroatoms. The number of nitro benzene ring substituents is 1. The number of hydrazine groups is 1. The molecule has 2 aliphatic carbocycles. The third-order valence-corrected chi connectivity index (χ3v) is 12.0. The molecule has 5 rings (SSSR count). The van der Waals surface area contributed by atoms with Gasteiger partial charge in [0, 0.05) is 22.7 Å². The van der Waals surface area contributed by atoms with E-state index in [4.69, 9.17) is 92.8 Å². The third kappa shape index (κ3) is 4.04. The summed E-state index contributed by atoms with van der Waals surface area (Å²) < 4.78 is -2.23. The number of rotatable bonds is 6. The zero-order valence-electron chi connectivity index (χ0n) is 19.7. The number of hydrogen-bond acceptors (Lipinski definition) is 6. The average molecular weight is 721 g/mol. The van der Waals surface area contributed by atoms with Crippen LogP contribution in [0, 0.1) is 22.0 Å². The van der Waals surface area contributed by atoms with Crippen molar-refractivity contribution in [3.8, 4) is 0 Å². The van der Waals surface area contributed by atoms with Gasteiger partial charge in [-0.1, -0.05) is 81.7 Å². The number of carbonyl (C=O) groups is 4. The number of Topliss-reactive ketones (excluding diaryl/α,β-unsaturated/α-hetero) is 1. The van der Waals surface area contributed by atoms with Crippen LogP contribution in [-0.4, -0.2) is 59.1 Å². The van der Waals surface area contributed by atoms with Gasteiger partial charge in [0.2, 0.25) is 0 Å². The number of hydrogen-bond donors (Lipinski definition) is 0. The van der Waals surface area contributed by atoms with Gasteiger partial charge >= 0.3 is 0 Å². The van der Waals surface area contributed by atoms with E-state index in [1.54, 1.807) is 0 Å². The molecule has 214 valence electrons. The van der Waals surface area contributed by atoms with Crippen molar-refractivity contribution in [2.45, 2.75) is 14.1 Å². The monoisotopic (exact) mass is 717 g/mol. The number of fused-ring (bicyclic) bond motifs is 5. The van der Waals surface area contributed by atoms with Crippen LogP contribution in [0.25, 0.3) is 0 Å². The standard InChI is InChI=1S/C24H11Cl8N3O6/c25-10-4-5-12(13(26)7-10)19(37)33(8-14(36)9-2-1-3-11(6-9)35(40)41)34-20(38)15-16(21(34)39)23(30)18(28)17(27)22(15,29)24(23,31)32/h1-7,15-16H,8H2/t15-,16+,22-,23-/m1/s1. The highest BCUT2D eigenvalue weighted by Gasteiger charge is 2.88. The van der Waals surface area contributed by atoms with E-state index in [9.17, 15) is 29.3 Å². The van der Waals surface area contributed by atoms with Crippen LogP contribution in [0.4, 0.5) is 5.69 Å². The SMILES string of the molecule is O=C(CN(C(=O)c1ccc(Cl)cc1Cl)N1C(=O)[C@@H]2[C@H](C1=O)[C@@]1(Cl)C(Cl)=C(Cl)[C@@]2(Cl)C1(Cl)Cl)c1cccc([N+](=O)[O-])c1. The topological polar surface area (TPSA) is 118 Å². The van der Waals surface area contributed by atoms with E-state index in [1.807, 2.05) is 0 Å². The average Bonchev–Trinajstić information content (AvgIpc) is 3.30. The highest BCUT2D eigenvalue weighted by molar-refractivity contribution is 6.66. The molecule has 3 amide bonds. The van der Waals surface area contributed by atoms with Crippen LogP contribution < -0.4 is 0 Å². The van der Waals surface area contributed by atoms with Crippen molar-refractivity contribution >= 4 is 122 Å². The van der Waals surface area contributed by atoms with Gasteiger partial charge in [0.05, 0.1) is 37.4 Å². The highest BCUT2D eigenvalue weighted by Crippen LogP contribution is 2.77. The van der Waals surface area contributed by atoms with E-state index in [1.165, 1.54) is 30.3 Å². The Hall–Kier alpha value is -1.82. The Morgan fingerprint density at radius 3 is 1.98 bits per heavy atom. The van der Waals surface area contributed by atoms with Gasteiger partial charge in [0.25, 0.3) is 23.4 Å². The number of halogens is 8. The number of ketones is 1. The van der Waals surface area contributed by atoms with Gasteiger partial charge in [0.15, 0.2) is 10.1 Å². The maximum absolute atomic E-state index is 13.9. The zero-order chi connectivity index (χ0) is 30.4. The Morgan fingerprint density at radius 1 is 0.902 bits per heavy atom. The summed E-state index contributed by atoms with van der Waals surface area (Å²) in [6.07, 6.45) is 0. The van der Waals surface area contributed by atoms with Gasteiger partial charge in [-0.25, -0.2) is 5.01 Å². The molecule has 41 heavy (non-hydrogen) atoms. The number of imide groups is 1. The fourth-order valence-corrected chi connectivity index (χ4v) is 8.69. The molecule has 2 aromatic carbocycles. The van der Waals surface area contributed by atoms with Gasteiger partial charge in [-0.3, -0.25) is 29.3 Å². The second kappa shape index (κ2) is 10.1. The molecule has 1 aliphatic heterocycles. The molecule has 1 saturated carbocycles. The summed E-state index contributed by atoms with van der Waals surface area (Å²) in [7, 11) is 0. The first kappa shape index (κ1) is 30.6. The van der Waals surface area contributed by atoms with Crippen molar-refractivity contribution in [3.63, 3.8) is 0 Å². The van der Waals surface area contributed by atoms with Crippen LogP contribution in [-0.2, 0) is 9.59 Å². The van der Waals surface area contributed by atoms with Crippen LogP contribution in [0.3, 0.4) is 0 Å². The summed E-state index contributed by atoms with van der Waals surface area (Å²) in [4.78, 5) is 61.2. The van der Waals surface area contributed by atoms with E-state index in [2.05, 4.69) is 0 Å². The predicted molar refractivity (Wildman–Crippen MR) is 154 cm³/mol. The van der Waals surface area contributed by atoms with Gasteiger partial charge in [-0.2, -0.15) is 5.01 Å². The number of alkyl halides is 4. The number of carbonyl (C=O) groups excluding carboxylic acids is 4. The Morgan fingerprint density at radius 2 is 1.46 bits per heavy atom. The number of amides is 3. The van der Waals surface area contributed by atoms with E-state index in [-0.39, 0.29) is 31.2 Å². The molecule has 4 atom stereocenters. The Kier molecular flexibility index (Phi) is 7.57. The fourth-order valence-electron chi connectivity index (χ4n) is 5.27. The molecule has 0 radical (unpaired) electrons. The van der Waals surface area contributed by atoms with Crippen molar-refractivity contribution in [2.75, 3.05) is 6.54 Å². The van der Waals surface area contributed by atoms with Crippen LogP contribution in [0.5, 0.6) is 0 Å². The number of nitro groups is 1. The molecule has 2 bridgehead atoms. The lowest BCUT2D eigenvalue weighted by Crippen LogP contribution is -2.56. The van der Waals surface area contributed by atoms with Crippen molar-refractivity contribution in [1.29, 1.82) is 0 Å². The minimum absolute atomic E-state index is 0.162. The maximum atomic E-state index is 13.9. The van der Waals surface area contributed by atoms with Gasteiger partial charge in [-0.15, -0.1) is 23.2 Å². The fraction of sp³-hybridized carbons (Fsp3) is 0.250. The van der Waals surface area contributed by atoms with Crippen LogP contribution >= 0.6 is 92.8 Å². The molecule has 3 aliphatic rings. The van der Waals surface area contributed by atoms with Crippen molar-refractivity contribution in [3.05, 3.63) is 83.8 Å². The third-order valence-electron chi connectivity index (χ3n) is 7.20. The molecule has 0 spiro atoms. The first-order valence-corrected chi connectivity index (χ1v) is 14.3. The van der Waals surface area contributed by atoms with E-state index in [0.29, 0.717) is 10.0 Å². The predicted octanol–water partition coefficient (Wildman–Crippen LogP) is 6.59. The molecular formula is C24H11Cl8N3O6. The highest BCUT2D eigenvalue weighted by atomic mass is 35.5. The lowest BCUT2D eigenvalue weighted by molar-refractivity contribution is -0.384. The first-order valence-electron chi connectivity index (χ1n) is 11.3. The zero-order valence-corrected chi connectivity index (χ0v) is 25.8. The molecule has 0 unspecified atom stereocenters. The van der Waals surface area contributed by atoms with Crippen LogP contribution in [0.2, 0.25) is 10.0 Å². The number of non-ortho nitro benzene ring substituents is 1. The molecule has 0 N–H and O–H groups in total. The Bertz CT molecular complexity index is 1590. The smallest absolute Gasteiger partial charge is 0.274 e. The van der Waals surface area contributed by atoms with E-state index in [0.717, 1.165) is 12.1 Å². The Balaban J connectivity index is 1.61. The molecule has 2 fully saturated rings. The van der Waals surface area contributed by atoms with Crippen molar-refractivity contribution in [1.82, 2.24) is 10.0 Å². The number of nitrogens with zero attached hydrogens (tertiary/aromatic N) is 3. The lowest BCUT2D eigenvalue weighted by Gasteiger charge is -2.36. The minimum atomic E-state index is -2.23. The summed E-state index contributed by atoms with van der Waals surface area (Å²) in [6, 6.07) is 8.43. The van der Waals surface area contributed by atoms with Crippen molar-refractivity contribution in [2.24, 2.45) is 11.8 Å². The van der Waals surface area contributed by atoms with E-state index >= 15 is 0 Å². The van der Waals surface area contributed by atoms with E-state index < -0.39 is 66.6 Å². The normalized spacial score (nSPS) is 27.9. The lowest BCUT2D eigenvalue weighted by atomic mass is 9.84. The molecule has 2 aromatic rings. The van der Waals surface area contributed by atoms with Crippen LogP contribution in [0.15, 0.2) is 52.5 Å². The van der Waals surface area contributed by atoms with Gasteiger partial charge < -0.3 is 0 Å². The number of benzene rings is 2. The summed E-state index contributed by atoms with van der Waals surface area (Å²) in [5.74, 6) is -7.33. The molecular weight excluding hydrogens is 710 g/mol. The molecule has 1 saturated heterocycles. The second-order valence-electron chi connectivity index (χ2n) is 9.29. The molecule has 0 aromatic heterocycles. The summed E-state index contributed by atoms with van der Waals surface area (Å²) in [5, 5.41) is 11.5. The largest absolute Gasteiger partial charge is 0.292 e. The van der Waals surface area contributed by atoms with Crippen molar-refractivity contribution < 1.29 is 24.1 Å². The molecule has 9 nitrogen and oxygen atoms in total. The Labute approximate surface area is 270 Å². The van der Waals surface area contributed by atoms with Crippen LogP contribution in [0.1, 0.15) is 20.7 Å². The summed E-state index contributed by atoms with van der Waals surface area (Å²) in [6.45, 7) is -0.942. The second-order valence-corrected chi connectivity index (χ2v) is 13.4. The minimum Gasteiger partial charge on any atom is -0.292 e. The summed E-state index contributed by atoms with van der Waals surface area (Å²) >= 11 is 51.4. The quantitative estimate of drug-likeness (QED) is 0.109. The molecule has 1 heterocycles. The number of allylic oxidation sites excluding steroid dienone is 2. The summed E-state index contributed by atoms with van der Waals surface area (Å²) in [5.41, 5.74) is -0.824. The maximum Gasteiger partial charge on any atom is 0.274 e. The first-order chi connectivity index (χ1) is 19.0. The van der Waals surface area contributed by atoms with Gasteiger partial charge in [0.1, 0.15) is 16.3 Å². The van der Waals surface area contributed by atoms with Gasteiger partial charge in [-0.05, 0) is 18.2 Å².